The van der Waals surface area contributed by atoms with Gasteiger partial charge in [0.15, 0.2) is 0 Å². The lowest BCUT2D eigenvalue weighted by Gasteiger charge is -2.32. The predicted octanol–water partition coefficient (Wildman–Crippen LogP) is 2.04. The predicted molar refractivity (Wildman–Crippen MR) is 88.6 cm³/mol. The first-order valence-electron chi connectivity index (χ1n) is 7.87. The van der Waals surface area contributed by atoms with Crippen LogP contribution in [0.15, 0.2) is 24.3 Å². The van der Waals surface area contributed by atoms with Gasteiger partial charge in [0.1, 0.15) is 0 Å². The zero-order chi connectivity index (χ0) is 16.9. The number of sulfonamides is 1. The number of carbonyl (C=O) groups is 1. The lowest BCUT2D eigenvalue weighted by atomic mass is 10.1. The average molecular weight is 340 g/mol. The van der Waals surface area contributed by atoms with Crippen molar-refractivity contribution in [3.8, 4) is 0 Å². The Labute approximate surface area is 137 Å². The second kappa shape index (κ2) is 7.79. The Morgan fingerprint density at radius 1 is 1.43 bits per heavy atom. The SMILES string of the molecule is CCOC(=O)N[C@H]1CCCN(S(=O)(=O)Cc2cccc(C)c2)C1. The minimum absolute atomic E-state index is 0.0131. The molecule has 1 aliphatic heterocycles. The number of nitrogens with one attached hydrogen (secondary N) is 1. The van der Waals surface area contributed by atoms with Crippen LogP contribution in [0.25, 0.3) is 0 Å². The summed E-state index contributed by atoms with van der Waals surface area (Å²) >= 11 is 0. The molecule has 1 saturated heterocycles. The number of aryl methyl sites for hydroxylation is 1. The summed E-state index contributed by atoms with van der Waals surface area (Å²) < 4.78 is 31.5. The van der Waals surface area contributed by atoms with Gasteiger partial charge < -0.3 is 10.1 Å². The molecule has 1 amide bonds. The van der Waals surface area contributed by atoms with Crippen LogP contribution in [0, 0.1) is 6.92 Å². The summed E-state index contributed by atoms with van der Waals surface area (Å²) in [5.74, 6) is -0.0131. The summed E-state index contributed by atoms with van der Waals surface area (Å²) in [5.41, 5.74) is 1.82. The van der Waals surface area contributed by atoms with E-state index in [1.165, 1.54) is 4.31 Å². The fourth-order valence-corrected chi connectivity index (χ4v) is 4.35. The van der Waals surface area contributed by atoms with Gasteiger partial charge >= 0.3 is 6.09 Å². The van der Waals surface area contributed by atoms with Crippen LogP contribution in [0.1, 0.15) is 30.9 Å². The quantitative estimate of drug-likeness (QED) is 0.890. The van der Waals surface area contributed by atoms with Crippen LogP contribution in [0.5, 0.6) is 0 Å². The van der Waals surface area contributed by atoms with Crippen LogP contribution in [0.3, 0.4) is 0 Å². The Bertz CT molecular complexity index is 645. The van der Waals surface area contributed by atoms with Crippen LogP contribution < -0.4 is 5.32 Å². The van der Waals surface area contributed by atoms with E-state index in [4.69, 9.17) is 4.74 Å². The molecule has 1 fully saturated rings. The fourth-order valence-electron chi connectivity index (χ4n) is 2.76. The third kappa shape index (κ3) is 5.21. The number of amides is 1. The average Bonchev–Trinajstić information content (AvgIpc) is 2.47. The van der Waals surface area contributed by atoms with Gasteiger partial charge in [-0.3, -0.25) is 0 Å². The van der Waals surface area contributed by atoms with Gasteiger partial charge in [-0.2, -0.15) is 4.31 Å². The molecule has 23 heavy (non-hydrogen) atoms. The van der Waals surface area contributed by atoms with Crippen LogP contribution in [0.2, 0.25) is 0 Å². The number of nitrogens with zero attached hydrogens (tertiary/aromatic N) is 1. The summed E-state index contributed by atoms with van der Waals surface area (Å²) in [6.45, 7) is 4.77. The maximum absolute atomic E-state index is 12.6. The second-order valence-corrected chi connectivity index (χ2v) is 7.78. The molecular formula is C16H24N2O4S. The van der Waals surface area contributed by atoms with Gasteiger partial charge in [-0.15, -0.1) is 0 Å². The van der Waals surface area contributed by atoms with Crippen molar-refractivity contribution >= 4 is 16.1 Å². The molecule has 1 heterocycles. The number of alkyl carbamates (subject to hydrolysis) is 1. The number of hydrogen-bond acceptors (Lipinski definition) is 4. The van der Waals surface area contributed by atoms with Crippen molar-refractivity contribution < 1.29 is 17.9 Å². The van der Waals surface area contributed by atoms with E-state index in [0.717, 1.165) is 24.0 Å². The third-order valence-electron chi connectivity index (χ3n) is 3.81. The summed E-state index contributed by atoms with van der Waals surface area (Å²) in [4.78, 5) is 11.5. The molecule has 0 aliphatic carbocycles. The van der Waals surface area contributed by atoms with E-state index in [0.29, 0.717) is 19.7 Å². The molecule has 7 heteroatoms. The van der Waals surface area contributed by atoms with Crippen molar-refractivity contribution in [3.05, 3.63) is 35.4 Å². The Balaban J connectivity index is 2.00. The lowest BCUT2D eigenvalue weighted by Crippen LogP contribution is -2.49. The van der Waals surface area contributed by atoms with E-state index in [2.05, 4.69) is 5.32 Å². The van der Waals surface area contributed by atoms with Gasteiger partial charge in [0.05, 0.1) is 12.4 Å². The minimum atomic E-state index is -3.39. The molecule has 0 unspecified atom stereocenters. The highest BCUT2D eigenvalue weighted by atomic mass is 32.2. The van der Waals surface area contributed by atoms with E-state index in [1.807, 2.05) is 31.2 Å². The molecule has 0 aromatic heterocycles. The van der Waals surface area contributed by atoms with Crippen LogP contribution in [-0.4, -0.2) is 44.6 Å². The molecule has 6 nitrogen and oxygen atoms in total. The summed E-state index contributed by atoms with van der Waals surface area (Å²) in [6, 6.07) is 7.31. The Morgan fingerprint density at radius 2 is 2.22 bits per heavy atom. The van der Waals surface area contributed by atoms with Gasteiger partial charge in [0.25, 0.3) is 0 Å². The van der Waals surface area contributed by atoms with Gasteiger partial charge in [-0.25, -0.2) is 13.2 Å². The minimum Gasteiger partial charge on any atom is -0.450 e. The van der Waals surface area contributed by atoms with E-state index in [-0.39, 0.29) is 11.8 Å². The molecule has 0 spiro atoms. The number of ether oxygens (including phenoxy) is 1. The van der Waals surface area contributed by atoms with Crippen molar-refractivity contribution in [1.29, 1.82) is 0 Å². The van der Waals surface area contributed by atoms with Crippen molar-refractivity contribution in [2.45, 2.75) is 38.5 Å². The number of hydrogen-bond donors (Lipinski definition) is 1. The maximum Gasteiger partial charge on any atom is 0.407 e. The highest BCUT2D eigenvalue weighted by Gasteiger charge is 2.29. The van der Waals surface area contributed by atoms with Crippen molar-refractivity contribution in [3.63, 3.8) is 0 Å². The normalized spacial score (nSPS) is 19.3. The monoisotopic (exact) mass is 340 g/mol. The first-order valence-corrected chi connectivity index (χ1v) is 9.48. The van der Waals surface area contributed by atoms with Crippen molar-refractivity contribution in [2.75, 3.05) is 19.7 Å². The van der Waals surface area contributed by atoms with E-state index >= 15 is 0 Å². The van der Waals surface area contributed by atoms with E-state index < -0.39 is 16.1 Å². The zero-order valence-corrected chi connectivity index (χ0v) is 14.4. The van der Waals surface area contributed by atoms with E-state index in [9.17, 15) is 13.2 Å². The number of benzene rings is 1. The number of piperidine rings is 1. The van der Waals surface area contributed by atoms with Crippen LogP contribution >= 0.6 is 0 Å². The van der Waals surface area contributed by atoms with Gasteiger partial charge in [-0.1, -0.05) is 29.8 Å². The first kappa shape index (κ1) is 17.7. The molecule has 128 valence electrons. The number of carbonyl (C=O) groups excluding carboxylic acids is 1. The Morgan fingerprint density at radius 3 is 2.91 bits per heavy atom. The molecule has 1 aromatic rings. The van der Waals surface area contributed by atoms with Crippen molar-refractivity contribution in [1.82, 2.24) is 9.62 Å². The Hall–Kier alpha value is -1.60. The molecule has 1 aliphatic rings. The molecule has 0 bridgehead atoms. The molecule has 0 saturated carbocycles. The number of rotatable bonds is 5. The molecule has 0 radical (unpaired) electrons. The lowest BCUT2D eigenvalue weighted by molar-refractivity contribution is 0.142. The molecule has 1 atom stereocenters. The molecule has 1 N–H and O–H groups in total. The van der Waals surface area contributed by atoms with E-state index in [1.54, 1.807) is 6.92 Å². The van der Waals surface area contributed by atoms with Gasteiger partial charge in [-0.05, 0) is 32.3 Å². The molecule has 1 aromatic carbocycles. The summed E-state index contributed by atoms with van der Waals surface area (Å²) in [5, 5.41) is 2.73. The van der Waals surface area contributed by atoms with Crippen LogP contribution in [-0.2, 0) is 20.5 Å². The zero-order valence-electron chi connectivity index (χ0n) is 13.6. The first-order chi connectivity index (χ1) is 10.9. The van der Waals surface area contributed by atoms with Gasteiger partial charge in [0.2, 0.25) is 10.0 Å². The third-order valence-corrected chi connectivity index (χ3v) is 5.62. The fraction of sp³-hybridized carbons (Fsp3) is 0.562. The Kier molecular flexibility index (Phi) is 6.01. The standard InChI is InChI=1S/C16H24N2O4S/c1-3-22-16(19)17-15-8-5-9-18(11-15)23(20,21)12-14-7-4-6-13(2)10-14/h4,6-7,10,15H,3,5,8-9,11-12H2,1-2H3,(H,17,19)/t15-/m0/s1. The molecule has 2 rings (SSSR count). The van der Waals surface area contributed by atoms with Gasteiger partial charge in [0, 0.05) is 19.1 Å². The highest BCUT2D eigenvalue weighted by Crippen LogP contribution is 2.18. The largest absolute Gasteiger partial charge is 0.450 e. The summed E-state index contributed by atoms with van der Waals surface area (Å²) in [6.07, 6.45) is 0.995. The highest BCUT2D eigenvalue weighted by molar-refractivity contribution is 7.88. The smallest absolute Gasteiger partial charge is 0.407 e. The van der Waals surface area contributed by atoms with Crippen LogP contribution in [0.4, 0.5) is 4.79 Å². The van der Waals surface area contributed by atoms with Crippen molar-refractivity contribution in [2.24, 2.45) is 0 Å². The second-order valence-electron chi connectivity index (χ2n) is 5.81. The maximum atomic E-state index is 12.6. The summed E-state index contributed by atoms with van der Waals surface area (Å²) in [7, 11) is -3.39. The molecular weight excluding hydrogens is 316 g/mol. The topological polar surface area (TPSA) is 75.7 Å².